The summed E-state index contributed by atoms with van der Waals surface area (Å²) < 4.78 is 6.02. The van der Waals surface area contributed by atoms with Gasteiger partial charge < -0.3 is 9.84 Å². The minimum atomic E-state index is -0.789. The van der Waals surface area contributed by atoms with Crippen LogP contribution in [0.2, 0.25) is 0 Å². The van der Waals surface area contributed by atoms with Crippen molar-refractivity contribution in [2.24, 2.45) is 22.2 Å². The zero-order valence-electron chi connectivity index (χ0n) is 12.2. The highest BCUT2D eigenvalue weighted by Gasteiger charge is 2.62. The third-order valence-electron chi connectivity index (χ3n) is 5.94. The summed E-state index contributed by atoms with van der Waals surface area (Å²) in [5.41, 5.74) is -0.250. The molecule has 2 aliphatic carbocycles. The van der Waals surface area contributed by atoms with Crippen LogP contribution in [0.3, 0.4) is 0 Å². The minimum absolute atomic E-state index is 0.215. The van der Waals surface area contributed by atoms with Crippen molar-refractivity contribution in [2.75, 3.05) is 6.61 Å². The average molecular weight is 254 g/mol. The monoisotopic (exact) mass is 254 g/mol. The lowest BCUT2D eigenvalue weighted by Gasteiger charge is -2.39. The molecule has 0 amide bonds. The maximum Gasteiger partial charge on any atom is 0.311 e. The number of rotatable bonds is 4. The molecule has 0 heterocycles. The first kappa shape index (κ1) is 13.9. The Balaban J connectivity index is 2.04. The number of carboxylic acids is 1. The molecule has 2 saturated carbocycles. The third kappa shape index (κ3) is 1.78. The molecule has 18 heavy (non-hydrogen) atoms. The molecule has 0 aromatic carbocycles. The molecule has 0 radical (unpaired) electrons. The van der Waals surface area contributed by atoms with Gasteiger partial charge in [0.15, 0.2) is 0 Å². The molecule has 3 unspecified atom stereocenters. The van der Waals surface area contributed by atoms with Crippen LogP contribution in [0.25, 0.3) is 0 Å². The quantitative estimate of drug-likeness (QED) is 0.837. The van der Waals surface area contributed by atoms with Gasteiger partial charge in [-0.3, -0.25) is 4.79 Å². The number of hydrogen-bond donors (Lipinski definition) is 1. The van der Waals surface area contributed by atoms with E-state index in [1.165, 1.54) is 12.8 Å². The molecule has 1 N–H and O–H groups in total. The third-order valence-corrected chi connectivity index (χ3v) is 5.94. The molecule has 2 fully saturated rings. The second-order valence-electron chi connectivity index (χ2n) is 7.60. The fourth-order valence-corrected chi connectivity index (χ4v) is 3.75. The molecule has 0 saturated heterocycles. The minimum Gasteiger partial charge on any atom is -0.481 e. The van der Waals surface area contributed by atoms with Crippen LogP contribution in [0.1, 0.15) is 53.9 Å². The first-order valence-corrected chi connectivity index (χ1v) is 6.96. The summed E-state index contributed by atoms with van der Waals surface area (Å²) in [6, 6.07) is 0. The van der Waals surface area contributed by atoms with Gasteiger partial charge in [-0.25, -0.2) is 0 Å². The molecule has 0 aromatic rings. The smallest absolute Gasteiger partial charge is 0.311 e. The largest absolute Gasteiger partial charge is 0.481 e. The van der Waals surface area contributed by atoms with Crippen molar-refractivity contribution in [1.82, 2.24) is 0 Å². The Kier molecular flexibility index (Phi) is 3.05. The van der Waals surface area contributed by atoms with Crippen molar-refractivity contribution < 1.29 is 14.6 Å². The standard InChI is InChI=1S/C15H26O3/c1-13(2,12(16)17)9-18-11-8-10-6-7-15(11,5)14(10,3)4/h10-11H,6-9H2,1-5H3,(H,16,17). The van der Waals surface area contributed by atoms with E-state index in [0.29, 0.717) is 12.0 Å². The lowest BCUT2D eigenvalue weighted by atomic mass is 9.70. The first-order chi connectivity index (χ1) is 8.11. The molecule has 2 aliphatic rings. The molecular formula is C15H26O3. The number of carboxylic acid groups (broad SMARTS) is 1. The van der Waals surface area contributed by atoms with Crippen LogP contribution in [0.4, 0.5) is 0 Å². The first-order valence-electron chi connectivity index (χ1n) is 6.96. The van der Waals surface area contributed by atoms with E-state index in [1.807, 2.05) is 0 Å². The van der Waals surface area contributed by atoms with E-state index in [-0.39, 0.29) is 11.5 Å². The summed E-state index contributed by atoms with van der Waals surface area (Å²) in [7, 11) is 0. The molecule has 2 rings (SSSR count). The van der Waals surface area contributed by atoms with Crippen molar-refractivity contribution >= 4 is 5.97 Å². The maximum atomic E-state index is 11.1. The number of aliphatic carboxylic acids is 1. The maximum absolute atomic E-state index is 11.1. The van der Waals surface area contributed by atoms with Gasteiger partial charge in [-0.2, -0.15) is 0 Å². The van der Waals surface area contributed by atoms with Gasteiger partial charge in [-0.15, -0.1) is 0 Å². The molecule has 0 aliphatic heterocycles. The van der Waals surface area contributed by atoms with E-state index < -0.39 is 11.4 Å². The van der Waals surface area contributed by atoms with Crippen molar-refractivity contribution in [3.8, 4) is 0 Å². The lowest BCUT2D eigenvalue weighted by molar-refractivity contribution is -0.154. The van der Waals surface area contributed by atoms with Gasteiger partial charge in [0.2, 0.25) is 0 Å². The lowest BCUT2D eigenvalue weighted by Crippen LogP contribution is -2.40. The van der Waals surface area contributed by atoms with E-state index in [1.54, 1.807) is 13.8 Å². The van der Waals surface area contributed by atoms with Crippen molar-refractivity contribution in [3.63, 3.8) is 0 Å². The van der Waals surface area contributed by atoms with Gasteiger partial charge in [0.25, 0.3) is 0 Å². The number of ether oxygens (including phenoxy) is 1. The highest BCUT2D eigenvalue weighted by atomic mass is 16.5. The molecule has 3 atom stereocenters. The van der Waals surface area contributed by atoms with Crippen LogP contribution in [0, 0.1) is 22.2 Å². The Hall–Kier alpha value is -0.570. The molecule has 2 bridgehead atoms. The Morgan fingerprint density at radius 2 is 2.00 bits per heavy atom. The highest BCUT2D eigenvalue weighted by molar-refractivity contribution is 5.73. The Morgan fingerprint density at radius 3 is 2.39 bits per heavy atom. The van der Waals surface area contributed by atoms with E-state index in [4.69, 9.17) is 9.84 Å². The molecule has 3 nitrogen and oxygen atoms in total. The Labute approximate surface area is 110 Å². The fourth-order valence-electron chi connectivity index (χ4n) is 3.75. The zero-order valence-corrected chi connectivity index (χ0v) is 12.2. The van der Waals surface area contributed by atoms with Gasteiger partial charge in [-0.05, 0) is 49.9 Å². The second kappa shape index (κ2) is 3.96. The summed E-state index contributed by atoms with van der Waals surface area (Å²) in [4.78, 5) is 11.1. The zero-order chi connectivity index (χ0) is 13.8. The topological polar surface area (TPSA) is 46.5 Å². The van der Waals surface area contributed by atoms with Crippen LogP contribution in [-0.4, -0.2) is 23.8 Å². The van der Waals surface area contributed by atoms with E-state index in [0.717, 1.165) is 12.3 Å². The predicted molar refractivity (Wildman–Crippen MR) is 70.4 cm³/mol. The Bertz CT molecular complexity index is 359. The summed E-state index contributed by atoms with van der Waals surface area (Å²) in [6.45, 7) is 10.8. The number of carbonyl (C=O) groups is 1. The molecule has 0 aromatic heterocycles. The van der Waals surface area contributed by atoms with Crippen molar-refractivity contribution in [2.45, 2.75) is 60.0 Å². The molecule has 104 valence electrons. The normalized spacial score (nSPS) is 38.1. The van der Waals surface area contributed by atoms with Crippen LogP contribution in [0.5, 0.6) is 0 Å². The van der Waals surface area contributed by atoms with E-state index in [9.17, 15) is 4.79 Å². The summed E-state index contributed by atoms with van der Waals surface area (Å²) in [6.07, 6.45) is 3.83. The summed E-state index contributed by atoms with van der Waals surface area (Å²) in [5.74, 6) is -0.0458. The van der Waals surface area contributed by atoms with Crippen LogP contribution < -0.4 is 0 Å². The van der Waals surface area contributed by atoms with Crippen molar-refractivity contribution in [3.05, 3.63) is 0 Å². The summed E-state index contributed by atoms with van der Waals surface area (Å²) in [5, 5.41) is 9.13. The van der Waals surface area contributed by atoms with E-state index in [2.05, 4.69) is 20.8 Å². The molecule has 0 spiro atoms. The van der Waals surface area contributed by atoms with Crippen LogP contribution >= 0.6 is 0 Å². The van der Waals surface area contributed by atoms with Gasteiger partial charge >= 0.3 is 5.97 Å². The SMILES string of the molecule is CC(C)(COC1CC2CCC1(C)C2(C)C)C(=O)O. The number of fused-ring (bicyclic) bond motifs is 2. The van der Waals surface area contributed by atoms with Crippen LogP contribution in [0.15, 0.2) is 0 Å². The predicted octanol–water partition coefficient (Wildman–Crippen LogP) is 3.33. The average Bonchev–Trinajstić information content (AvgIpc) is 2.58. The second-order valence-corrected chi connectivity index (χ2v) is 7.60. The van der Waals surface area contributed by atoms with Gasteiger partial charge in [0.05, 0.1) is 18.1 Å². The summed E-state index contributed by atoms with van der Waals surface area (Å²) >= 11 is 0. The Morgan fingerprint density at radius 1 is 1.39 bits per heavy atom. The van der Waals surface area contributed by atoms with Crippen LogP contribution in [-0.2, 0) is 9.53 Å². The van der Waals surface area contributed by atoms with Crippen molar-refractivity contribution in [1.29, 1.82) is 0 Å². The van der Waals surface area contributed by atoms with Gasteiger partial charge in [0, 0.05) is 0 Å². The molecular weight excluding hydrogens is 228 g/mol. The van der Waals surface area contributed by atoms with Gasteiger partial charge in [-0.1, -0.05) is 20.8 Å². The highest BCUT2D eigenvalue weighted by Crippen LogP contribution is 2.66. The van der Waals surface area contributed by atoms with E-state index >= 15 is 0 Å². The van der Waals surface area contributed by atoms with Gasteiger partial charge in [0.1, 0.15) is 0 Å². The molecule has 3 heteroatoms. The fraction of sp³-hybridized carbons (Fsp3) is 0.933. The number of hydrogen-bond acceptors (Lipinski definition) is 2.